The molecule has 0 saturated carbocycles. The molecule has 0 bridgehead atoms. The van der Waals surface area contributed by atoms with E-state index in [1.165, 1.54) is 16.4 Å². The Morgan fingerprint density at radius 2 is 1.79 bits per heavy atom. The van der Waals surface area contributed by atoms with Gasteiger partial charge in [0.25, 0.3) is 0 Å². The number of nitrogens with two attached hydrogens (primary N) is 1. The van der Waals surface area contributed by atoms with Crippen molar-refractivity contribution in [1.29, 1.82) is 0 Å². The van der Waals surface area contributed by atoms with Crippen LogP contribution in [0.25, 0.3) is 0 Å². The van der Waals surface area contributed by atoms with E-state index in [-0.39, 0.29) is 11.4 Å². The molecule has 0 heterocycles. The Morgan fingerprint density at radius 1 is 1.21 bits per heavy atom. The molecule has 19 heavy (non-hydrogen) atoms. The summed E-state index contributed by atoms with van der Waals surface area (Å²) in [6.45, 7) is 4.75. The maximum Gasteiger partial charge on any atom is 0.243 e. The van der Waals surface area contributed by atoms with E-state index in [1.54, 1.807) is 0 Å². The summed E-state index contributed by atoms with van der Waals surface area (Å²) in [7, 11) is -3.68. The van der Waals surface area contributed by atoms with Gasteiger partial charge in [-0.3, -0.25) is 0 Å². The largest absolute Gasteiger partial charge is 0.326 e. The first-order valence-electron chi connectivity index (χ1n) is 6.46. The quantitative estimate of drug-likeness (QED) is 0.835. The smallest absolute Gasteiger partial charge is 0.243 e. The molecule has 0 radical (unpaired) electrons. The van der Waals surface area contributed by atoms with Crippen LogP contribution in [0, 0.1) is 5.82 Å². The molecular weight excluding hydrogens is 267 g/mol. The van der Waals surface area contributed by atoms with Crippen LogP contribution in [0.3, 0.4) is 0 Å². The van der Waals surface area contributed by atoms with E-state index in [0.29, 0.717) is 31.5 Å². The van der Waals surface area contributed by atoms with E-state index in [9.17, 15) is 12.8 Å². The van der Waals surface area contributed by atoms with Crippen molar-refractivity contribution in [3.05, 3.63) is 29.6 Å². The fourth-order valence-corrected chi connectivity index (χ4v) is 3.80. The van der Waals surface area contributed by atoms with Gasteiger partial charge in [-0.1, -0.05) is 19.9 Å². The van der Waals surface area contributed by atoms with Crippen molar-refractivity contribution >= 4 is 10.0 Å². The lowest BCUT2D eigenvalue weighted by atomic mass is 10.2. The van der Waals surface area contributed by atoms with Gasteiger partial charge in [-0.15, -0.1) is 0 Å². The highest BCUT2D eigenvalue weighted by atomic mass is 32.2. The third-order valence-corrected chi connectivity index (χ3v) is 4.79. The summed E-state index contributed by atoms with van der Waals surface area (Å²) in [6, 6.07) is 3.71. The van der Waals surface area contributed by atoms with Crippen LogP contribution < -0.4 is 5.73 Å². The normalized spacial score (nSPS) is 12.1. The summed E-state index contributed by atoms with van der Waals surface area (Å²) in [4.78, 5) is -0.0168. The fraction of sp³-hybridized carbons (Fsp3) is 0.538. The monoisotopic (exact) mass is 288 g/mol. The second kappa shape index (κ2) is 6.98. The average molecular weight is 288 g/mol. The van der Waals surface area contributed by atoms with E-state index in [4.69, 9.17) is 5.73 Å². The van der Waals surface area contributed by atoms with Crippen LogP contribution in [0.5, 0.6) is 0 Å². The highest BCUT2D eigenvalue weighted by Gasteiger charge is 2.25. The predicted molar refractivity (Wildman–Crippen MR) is 73.6 cm³/mol. The summed E-state index contributed by atoms with van der Waals surface area (Å²) in [5.74, 6) is -0.566. The molecular formula is C13H21FN2O2S. The van der Waals surface area contributed by atoms with Gasteiger partial charge in [0.2, 0.25) is 10.0 Å². The highest BCUT2D eigenvalue weighted by Crippen LogP contribution is 2.22. The molecule has 0 unspecified atom stereocenters. The van der Waals surface area contributed by atoms with Crippen molar-refractivity contribution in [2.24, 2.45) is 5.73 Å². The number of halogens is 1. The molecule has 0 fully saturated rings. The van der Waals surface area contributed by atoms with Gasteiger partial charge in [-0.05, 0) is 30.5 Å². The molecule has 2 N–H and O–H groups in total. The predicted octanol–water partition coefficient (Wildman–Crippen LogP) is 2.10. The van der Waals surface area contributed by atoms with Crippen molar-refractivity contribution < 1.29 is 12.8 Å². The Balaban J connectivity index is 3.27. The summed E-state index contributed by atoms with van der Waals surface area (Å²) in [6.07, 6.45) is 1.43. The van der Waals surface area contributed by atoms with E-state index in [2.05, 4.69) is 0 Å². The Morgan fingerprint density at radius 3 is 2.26 bits per heavy atom. The number of benzene rings is 1. The van der Waals surface area contributed by atoms with Gasteiger partial charge in [0.1, 0.15) is 5.82 Å². The molecule has 0 aliphatic heterocycles. The lowest BCUT2D eigenvalue weighted by Crippen LogP contribution is -2.33. The average Bonchev–Trinajstić information content (AvgIpc) is 2.38. The van der Waals surface area contributed by atoms with Crippen LogP contribution in [0.15, 0.2) is 23.1 Å². The fourth-order valence-electron chi connectivity index (χ4n) is 1.93. The maximum absolute atomic E-state index is 13.3. The van der Waals surface area contributed by atoms with E-state index < -0.39 is 15.8 Å². The summed E-state index contributed by atoms with van der Waals surface area (Å²) in [5.41, 5.74) is 5.98. The number of sulfonamides is 1. The molecule has 0 aromatic heterocycles. The van der Waals surface area contributed by atoms with Gasteiger partial charge < -0.3 is 5.73 Å². The lowest BCUT2D eigenvalue weighted by Gasteiger charge is -2.22. The lowest BCUT2D eigenvalue weighted by molar-refractivity contribution is 0.409. The Kier molecular flexibility index (Phi) is 5.90. The van der Waals surface area contributed by atoms with Crippen LogP contribution >= 0.6 is 0 Å². The van der Waals surface area contributed by atoms with Gasteiger partial charge in [0.15, 0.2) is 0 Å². The minimum atomic E-state index is -3.68. The van der Waals surface area contributed by atoms with Crippen LogP contribution in [0.2, 0.25) is 0 Å². The maximum atomic E-state index is 13.3. The molecule has 4 nitrogen and oxygen atoms in total. The molecule has 0 aliphatic carbocycles. The molecule has 0 spiro atoms. The first-order chi connectivity index (χ1) is 8.97. The van der Waals surface area contributed by atoms with Crippen molar-refractivity contribution in [3.63, 3.8) is 0 Å². The zero-order valence-electron chi connectivity index (χ0n) is 11.4. The van der Waals surface area contributed by atoms with Crippen molar-refractivity contribution in [2.45, 2.75) is 38.1 Å². The first kappa shape index (κ1) is 16.1. The van der Waals surface area contributed by atoms with E-state index >= 15 is 0 Å². The minimum absolute atomic E-state index is 0.0168. The van der Waals surface area contributed by atoms with Gasteiger partial charge in [-0.25, -0.2) is 12.8 Å². The SMILES string of the molecule is CCCN(CCC)S(=O)(=O)c1cc(F)ccc1CN. The molecule has 1 aromatic carbocycles. The minimum Gasteiger partial charge on any atom is -0.326 e. The molecule has 108 valence electrons. The Bertz CT molecular complexity index is 511. The van der Waals surface area contributed by atoms with Crippen molar-refractivity contribution in [2.75, 3.05) is 13.1 Å². The molecule has 0 aliphatic rings. The Hall–Kier alpha value is -0.980. The van der Waals surface area contributed by atoms with Gasteiger partial charge in [-0.2, -0.15) is 4.31 Å². The van der Waals surface area contributed by atoms with Crippen molar-refractivity contribution in [3.8, 4) is 0 Å². The molecule has 6 heteroatoms. The van der Waals surface area contributed by atoms with E-state index in [0.717, 1.165) is 6.07 Å². The first-order valence-corrected chi connectivity index (χ1v) is 7.90. The van der Waals surface area contributed by atoms with E-state index in [1.807, 2.05) is 13.8 Å². The van der Waals surface area contributed by atoms with Crippen LogP contribution in [0.1, 0.15) is 32.3 Å². The second-order valence-electron chi connectivity index (χ2n) is 4.36. The third-order valence-electron chi connectivity index (χ3n) is 2.81. The third kappa shape index (κ3) is 3.75. The molecule has 1 aromatic rings. The van der Waals surface area contributed by atoms with Gasteiger partial charge in [0.05, 0.1) is 4.90 Å². The van der Waals surface area contributed by atoms with Gasteiger partial charge in [0, 0.05) is 19.6 Å². The second-order valence-corrected chi connectivity index (χ2v) is 6.27. The summed E-state index contributed by atoms with van der Waals surface area (Å²) >= 11 is 0. The summed E-state index contributed by atoms with van der Waals surface area (Å²) < 4.78 is 39.8. The molecule has 0 saturated heterocycles. The topological polar surface area (TPSA) is 63.4 Å². The summed E-state index contributed by atoms with van der Waals surface area (Å²) in [5, 5.41) is 0. The number of nitrogens with zero attached hydrogens (tertiary/aromatic N) is 1. The number of hydrogen-bond acceptors (Lipinski definition) is 3. The number of rotatable bonds is 7. The van der Waals surface area contributed by atoms with Crippen molar-refractivity contribution in [1.82, 2.24) is 4.31 Å². The van der Waals surface area contributed by atoms with Crippen LogP contribution in [0.4, 0.5) is 4.39 Å². The van der Waals surface area contributed by atoms with Crippen LogP contribution in [-0.2, 0) is 16.6 Å². The molecule has 0 amide bonds. The highest BCUT2D eigenvalue weighted by molar-refractivity contribution is 7.89. The number of hydrogen-bond donors (Lipinski definition) is 1. The Labute approximate surface area is 114 Å². The van der Waals surface area contributed by atoms with Gasteiger partial charge >= 0.3 is 0 Å². The molecule has 1 rings (SSSR count). The van der Waals surface area contributed by atoms with Crippen LogP contribution in [-0.4, -0.2) is 25.8 Å². The standard InChI is InChI=1S/C13H21FN2O2S/c1-3-7-16(8-4-2)19(17,18)13-9-12(14)6-5-11(13)10-15/h5-6,9H,3-4,7-8,10,15H2,1-2H3. The zero-order valence-corrected chi connectivity index (χ0v) is 12.2. The zero-order chi connectivity index (χ0) is 14.5. The molecule has 0 atom stereocenters.